The number of carbonyl (C=O) groups excluding carboxylic acids is 1. The van der Waals surface area contributed by atoms with Crippen molar-refractivity contribution in [3.05, 3.63) is 63.3 Å². The molecule has 0 saturated heterocycles. The van der Waals surface area contributed by atoms with Crippen molar-refractivity contribution in [2.45, 2.75) is 38.2 Å². The van der Waals surface area contributed by atoms with Gasteiger partial charge in [-0.05, 0) is 30.5 Å². The number of rotatable bonds is 6. The van der Waals surface area contributed by atoms with Gasteiger partial charge in [0.1, 0.15) is 16.9 Å². The van der Waals surface area contributed by atoms with Gasteiger partial charge in [-0.15, -0.1) is 0 Å². The number of nitrogens with one attached hydrogen (secondary N) is 2. The van der Waals surface area contributed by atoms with Crippen LogP contribution in [0, 0.1) is 11.2 Å². The van der Waals surface area contributed by atoms with Crippen molar-refractivity contribution >= 4 is 22.6 Å². The second-order valence-electron chi connectivity index (χ2n) is 9.68. The molecule has 0 radical (unpaired) electrons. The highest BCUT2D eigenvalue weighted by molar-refractivity contribution is 6.04. The quantitative estimate of drug-likeness (QED) is 0.412. The highest BCUT2D eigenvalue weighted by Gasteiger charge is 2.39. The first-order valence-electron chi connectivity index (χ1n) is 11.7. The summed E-state index contributed by atoms with van der Waals surface area (Å²) in [5, 5.41) is 25.8. The molecule has 3 heterocycles. The zero-order valence-corrected chi connectivity index (χ0v) is 19.3. The number of halogens is 3. The molecule has 5 rings (SSSR count). The topological polar surface area (TPSA) is 116 Å². The third kappa shape index (κ3) is 4.17. The molecule has 4 N–H and O–H groups in total. The number of nitrogens with zero attached hydrogens (tertiary/aromatic N) is 2. The van der Waals surface area contributed by atoms with Crippen LogP contribution in [0.1, 0.15) is 40.7 Å². The molecule has 2 aromatic heterocycles. The van der Waals surface area contributed by atoms with E-state index >= 15 is 0 Å². The molecule has 0 unspecified atom stereocenters. The number of carbonyl (C=O) groups is 1. The third-order valence-electron chi connectivity index (χ3n) is 7.14. The number of hydrogen-bond donors (Lipinski definition) is 4. The van der Waals surface area contributed by atoms with Gasteiger partial charge < -0.3 is 20.8 Å². The zero-order chi connectivity index (χ0) is 25.7. The van der Waals surface area contributed by atoms with Crippen LogP contribution in [0.15, 0.2) is 35.3 Å². The average Bonchev–Trinajstić information content (AvgIpc) is 2.96. The Morgan fingerprint density at radius 1 is 1.22 bits per heavy atom. The standard InChI is InChI=1S/C25H25F3N4O4/c26-16-4-2-14(3-5-16)8-15-9-29-19-20-18(15)30-11-25(27,28)12-32(20)23(36)17(21(19)34)22(35)31-10-24(13-33)6-1-7-24/h2-5,9,30,33-34H,1,6-8,10-13H2,(H,31,35). The maximum atomic E-state index is 14.7. The fourth-order valence-electron chi connectivity index (χ4n) is 4.87. The maximum Gasteiger partial charge on any atom is 0.282 e. The van der Waals surface area contributed by atoms with Crippen molar-refractivity contribution in [2.24, 2.45) is 5.41 Å². The lowest BCUT2D eigenvalue weighted by molar-refractivity contribution is -0.000953. The van der Waals surface area contributed by atoms with Crippen LogP contribution in [0.4, 0.5) is 18.9 Å². The molecule has 190 valence electrons. The monoisotopic (exact) mass is 502 g/mol. The van der Waals surface area contributed by atoms with E-state index in [2.05, 4.69) is 15.6 Å². The van der Waals surface area contributed by atoms with Gasteiger partial charge in [-0.25, -0.2) is 13.2 Å². The van der Waals surface area contributed by atoms with Gasteiger partial charge in [-0.3, -0.25) is 19.1 Å². The Labute approximate surface area is 203 Å². The first-order valence-corrected chi connectivity index (χ1v) is 11.7. The van der Waals surface area contributed by atoms with E-state index in [1.54, 1.807) is 12.1 Å². The average molecular weight is 502 g/mol. The second-order valence-corrected chi connectivity index (χ2v) is 9.68. The Morgan fingerprint density at radius 3 is 2.58 bits per heavy atom. The predicted octanol–water partition coefficient (Wildman–Crippen LogP) is 2.79. The van der Waals surface area contributed by atoms with Crippen molar-refractivity contribution in [3.8, 4) is 5.75 Å². The van der Waals surface area contributed by atoms with E-state index in [0.29, 0.717) is 24.0 Å². The molecule has 0 atom stereocenters. The summed E-state index contributed by atoms with van der Waals surface area (Å²) in [6, 6.07) is 5.66. The van der Waals surface area contributed by atoms with Crippen LogP contribution in [0.3, 0.4) is 0 Å². The molecule has 2 aliphatic rings. The molecule has 1 amide bonds. The van der Waals surface area contributed by atoms with E-state index in [1.165, 1.54) is 18.3 Å². The molecule has 1 saturated carbocycles. The van der Waals surface area contributed by atoms with Crippen LogP contribution in [0.2, 0.25) is 0 Å². The number of aliphatic hydroxyl groups is 1. The minimum atomic E-state index is -3.33. The van der Waals surface area contributed by atoms with E-state index in [1.807, 2.05) is 0 Å². The number of benzene rings is 1. The predicted molar refractivity (Wildman–Crippen MR) is 126 cm³/mol. The Kier molecular flexibility index (Phi) is 5.90. The van der Waals surface area contributed by atoms with E-state index in [4.69, 9.17) is 0 Å². The molecular formula is C25H25F3N4O4. The van der Waals surface area contributed by atoms with Gasteiger partial charge in [-0.1, -0.05) is 18.6 Å². The Bertz CT molecular complexity index is 1400. The van der Waals surface area contributed by atoms with E-state index < -0.39 is 53.0 Å². The van der Waals surface area contributed by atoms with Gasteiger partial charge in [-0.2, -0.15) is 0 Å². The first kappa shape index (κ1) is 24.1. The van der Waals surface area contributed by atoms with Crippen molar-refractivity contribution in [2.75, 3.05) is 25.0 Å². The van der Waals surface area contributed by atoms with Crippen LogP contribution in [0.5, 0.6) is 5.75 Å². The number of aromatic nitrogens is 2. The number of hydrogen-bond acceptors (Lipinski definition) is 6. The summed E-state index contributed by atoms with van der Waals surface area (Å²) in [4.78, 5) is 30.5. The molecule has 0 bridgehead atoms. The Hall–Kier alpha value is -3.60. The SMILES string of the molecule is O=C(NCC1(CO)CCC1)c1c(O)c2ncc(Cc3ccc(F)cc3)c3c2n(c1=O)CC(F)(F)CN3. The molecule has 11 heteroatoms. The van der Waals surface area contributed by atoms with Gasteiger partial charge in [0.05, 0.1) is 30.9 Å². The van der Waals surface area contributed by atoms with Gasteiger partial charge in [0, 0.05) is 30.1 Å². The summed E-state index contributed by atoms with van der Waals surface area (Å²) in [5.74, 6) is -5.36. The number of alkyl halides is 2. The van der Waals surface area contributed by atoms with Crippen molar-refractivity contribution in [1.29, 1.82) is 0 Å². The molecule has 3 aromatic rings. The number of aromatic hydroxyl groups is 1. The Morgan fingerprint density at radius 2 is 1.94 bits per heavy atom. The van der Waals surface area contributed by atoms with E-state index in [9.17, 15) is 33.0 Å². The fourth-order valence-corrected chi connectivity index (χ4v) is 4.87. The largest absolute Gasteiger partial charge is 0.505 e. The zero-order valence-electron chi connectivity index (χ0n) is 19.3. The summed E-state index contributed by atoms with van der Waals surface area (Å²) >= 11 is 0. The van der Waals surface area contributed by atoms with Gasteiger partial charge >= 0.3 is 0 Å². The van der Waals surface area contributed by atoms with Crippen LogP contribution in [0.25, 0.3) is 11.0 Å². The highest BCUT2D eigenvalue weighted by Crippen LogP contribution is 2.40. The van der Waals surface area contributed by atoms with Crippen molar-refractivity contribution < 1.29 is 28.2 Å². The molecule has 1 aliphatic heterocycles. The lowest BCUT2D eigenvalue weighted by atomic mass is 9.69. The summed E-state index contributed by atoms with van der Waals surface area (Å²) < 4.78 is 43.5. The number of amides is 1. The molecule has 8 nitrogen and oxygen atoms in total. The molecule has 0 spiro atoms. The van der Waals surface area contributed by atoms with Crippen LogP contribution in [-0.4, -0.2) is 51.3 Å². The van der Waals surface area contributed by atoms with Gasteiger partial charge in [0.25, 0.3) is 17.4 Å². The van der Waals surface area contributed by atoms with Gasteiger partial charge in [0.15, 0.2) is 5.75 Å². The first-order chi connectivity index (χ1) is 17.1. The fraction of sp³-hybridized carbons (Fsp3) is 0.400. The maximum absolute atomic E-state index is 14.7. The summed E-state index contributed by atoms with van der Waals surface area (Å²) in [7, 11) is 0. The van der Waals surface area contributed by atoms with Crippen LogP contribution in [-0.2, 0) is 13.0 Å². The molecule has 1 fully saturated rings. The normalized spacial score (nSPS) is 17.7. The minimum Gasteiger partial charge on any atom is -0.505 e. The van der Waals surface area contributed by atoms with E-state index in [-0.39, 0.29) is 36.3 Å². The Balaban J connectivity index is 1.61. The number of aliphatic hydroxyl groups excluding tert-OH is 1. The van der Waals surface area contributed by atoms with Gasteiger partial charge in [0.2, 0.25) is 0 Å². The third-order valence-corrected chi connectivity index (χ3v) is 7.14. The van der Waals surface area contributed by atoms with Crippen molar-refractivity contribution in [3.63, 3.8) is 0 Å². The van der Waals surface area contributed by atoms with Crippen molar-refractivity contribution in [1.82, 2.24) is 14.9 Å². The van der Waals surface area contributed by atoms with Crippen LogP contribution >= 0.6 is 0 Å². The second kappa shape index (κ2) is 8.81. The molecule has 1 aromatic carbocycles. The lowest BCUT2D eigenvalue weighted by Crippen LogP contribution is -2.46. The summed E-state index contributed by atoms with van der Waals surface area (Å²) in [6.07, 6.45) is 3.90. The lowest BCUT2D eigenvalue weighted by Gasteiger charge is -2.40. The van der Waals surface area contributed by atoms with E-state index in [0.717, 1.165) is 11.0 Å². The summed E-state index contributed by atoms with van der Waals surface area (Å²) in [6.45, 7) is -1.83. The molecule has 36 heavy (non-hydrogen) atoms. The smallest absolute Gasteiger partial charge is 0.282 e. The minimum absolute atomic E-state index is 0.0309. The number of pyridine rings is 2. The number of anilines is 1. The molecular weight excluding hydrogens is 477 g/mol. The van der Waals surface area contributed by atoms with Crippen LogP contribution < -0.4 is 16.2 Å². The summed E-state index contributed by atoms with van der Waals surface area (Å²) in [5.41, 5.74) is -1.07. The highest BCUT2D eigenvalue weighted by atomic mass is 19.3. The molecule has 1 aliphatic carbocycles.